The Morgan fingerprint density at radius 1 is 1.10 bits per heavy atom. The molecule has 6 rings (SSSR count). The van der Waals surface area contributed by atoms with Gasteiger partial charge in [0.15, 0.2) is 5.58 Å². The van der Waals surface area contributed by atoms with Crippen molar-refractivity contribution < 1.29 is 9.15 Å². The first-order chi connectivity index (χ1) is 9.85. The lowest BCUT2D eigenvalue weighted by atomic mass is 9.66. The highest BCUT2D eigenvalue weighted by Gasteiger charge is 2.49. The number of benzene rings is 1. The van der Waals surface area contributed by atoms with Crippen molar-refractivity contribution in [2.24, 2.45) is 17.8 Å². The summed E-state index contributed by atoms with van der Waals surface area (Å²) < 4.78 is 11.9. The first-order valence-electron chi connectivity index (χ1n) is 7.60. The van der Waals surface area contributed by atoms with E-state index in [-0.39, 0.29) is 0 Å². The van der Waals surface area contributed by atoms with Gasteiger partial charge >= 0.3 is 6.08 Å². The fourth-order valence-electron chi connectivity index (χ4n) is 4.57. The van der Waals surface area contributed by atoms with Gasteiger partial charge in [-0.2, -0.15) is 4.98 Å². The van der Waals surface area contributed by atoms with E-state index in [2.05, 4.69) is 9.88 Å². The zero-order valence-corrected chi connectivity index (χ0v) is 11.4. The maximum absolute atomic E-state index is 6.17. The standard InChI is InChI=1S/C16H18N2O2/c1-2-4-14-13(3-1)17-16(19-14)20-15-11-5-10-6-12(15)9-18(7-10)8-11/h1-4,10-12,15H,5-9H2. The summed E-state index contributed by atoms with van der Waals surface area (Å²) in [5, 5.41) is 0. The molecule has 0 radical (unpaired) electrons. The maximum atomic E-state index is 6.17. The van der Waals surface area contributed by atoms with Crippen LogP contribution < -0.4 is 4.74 Å². The number of fused-ring (bicyclic) bond motifs is 1. The van der Waals surface area contributed by atoms with E-state index in [9.17, 15) is 0 Å². The minimum atomic E-state index is 0.302. The molecule has 0 spiro atoms. The molecule has 0 N–H and O–H groups in total. The van der Waals surface area contributed by atoms with Crippen molar-refractivity contribution in [1.29, 1.82) is 0 Å². The van der Waals surface area contributed by atoms with E-state index < -0.39 is 0 Å². The van der Waals surface area contributed by atoms with E-state index in [1.807, 2.05) is 24.3 Å². The Morgan fingerprint density at radius 3 is 2.65 bits per heavy atom. The molecule has 20 heavy (non-hydrogen) atoms. The first kappa shape index (κ1) is 11.1. The molecule has 4 heteroatoms. The molecule has 1 saturated carbocycles. The molecule has 2 aromatic rings. The number of hydrogen-bond acceptors (Lipinski definition) is 4. The summed E-state index contributed by atoms with van der Waals surface area (Å²) in [6, 6.07) is 7.85. The summed E-state index contributed by atoms with van der Waals surface area (Å²) in [4.78, 5) is 7.07. The number of oxazole rings is 1. The van der Waals surface area contributed by atoms with Crippen molar-refractivity contribution in [3.05, 3.63) is 24.3 Å². The molecule has 4 heterocycles. The van der Waals surface area contributed by atoms with Crippen LogP contribution in [0.2, 0.25) is 0 Å². The Bertz CT molecular complexity index is 590. The summed E-state index contributed by atoms with van der Waals surface area (Å²) >= 11 is 0. The van der Waals surface area contributed by atoms with Crippen LogP contribution in [0.5, 0.6) is 6.08 Å². The van der Waals surface area contributed by atoms with Crippen LogP contribution in [-0.4, -0.2) is 35.6 Å². The molecule has 1 aromatic heterocycles. The normalized spacial score (nSPS) is 38.5. The van der Waals surface area contributed by atoms with E-state index in [0.717, 1.165) is 17.0 Å². The lowest BCUT2D eigenvalue weighted by Crippen LogP contribution is -2.61. The highest BCUT2D eigenvalue weighted by Crippen LogP contribution is 2.44. The van der Waals surface area contributed by atoms with Gasteiger partial charge in [0, 0.05) is 31.5 Å². The molecule has 104 valence electrons. The number of hydrogen-bond donors (Lipinski definition) is 0. The van der Waals surface area contributed by atoms with Crippen molar-refractivity contribution in [2.45, 2.75) is 18.9 Å². The zero-order chi connectivity index (χ0) is 13.1. The highest BCUT2D eigenvalue weighted by molar-refractivity contribution is 5.72. The Morgan fingerprint density at radius 2 is 1.90 bits per heavy atom. The van der Waals surface area contributed by atoms with Crippen LogP contribution in [0.4, 0.5) is 0 Å². The Kier molecular flexibility index (Phi) is 2.22. The minimum absolute atomic E-state index is 0.302. The number of aromatic nitrogens is 1. The van der Waals surface area contributed by atoms with Gasteiger partial charge in [0.05, 0.1) is 0 Å². The lowest BCUT2D eigenvalue weighted by Gasteiger charge is -2.54. The van der Waals surface area contributed by atoms with Gasteiger partial charge in [-0.1, -0.05) is 12.1 Å². The number of rotatable bonds is 2. The number of ether oxygens (including phenoxy) is 1. The van der Waals surface area contributed by atoms with Crippen LogP contribution in [0.15, 0.2) is 28.7 Å². The van der Waals surface area contributed by atoms with E-state index in [0.29, 0.717) is 24.0 Å². The van der Waals surface area contributed by atoms with Gasteiger partial charge < -0.3 is 14.1 Å². The number of nitrogens with zero attached hydrogens (tertiary/aromatic N) is 2. The van der Waals surface area contributed by atoms with E-state index in [4.69, 9.17) is 9.15 Å². The highest BCUT2D eigenvalue weighted by atomic mass is 16.6. The fraction of sp³-hybridized carbons (Fsp3) is 0.562. The molecule has 3 aliphatic heterocycles. The minimum Gasteiger partial charge on any atom is -0.446 e. The third-order valence-corrected chi connectivity index (χ3v) is 5.21. The quantitative estimate of drug-likeness (QED) is 0.840. The summed E-state index contributed by atoms with van der Waals surface area (Å²) in [6.45, 7) is 3.69. The van der Waals surface area contributed by atoms with Crippen molar-refractivity contribution in [1.82, 2.24) is 9.88 Å². The Labute approximate surface area is 117 Å². The lowest BCUT2D eigenvalue weighted by molar-refractivity contribution is -0.105. The number of piperidine rings is 3. The molecule has 4 aliphatic rings. The number of para-hydroxylation sites is 2. The topological polar surface area (TPSA) is 38.5 Å². The van der Waals surface area contributed by atoms with Crippen molar-refractivity contribution in [3.63, 3.8) is 0 Å². The molecular weight excluding hydrogens is 252 g/mol. The molecule has 1 aliphatic carbocycles. The van der Waals surface area contributed by atoms with Crippen LogP contribution in [0, 0.1) is 17.8 Å². The predicted octanol–water partition coefficient (Wildman–Crippen LogP) is 2.55. The molecule has 4 nitrogen and oxygen atoms in total. The molecule has 1 aromatic carbocycles. The van der Waals surface area contributed by atoms with E-state index in [1.54, 1.807) is 0 Å². The van der Waals surface area contributed by atoms with Gasteiger partial charge in [0.1, 0.15) is 11.6 Å². The van der Waals surface area contributed by atoms with Gasteiger partial charge in [0.25, 0.3) is 0 Å². The summed E-state index contributed by atoms with van der Waals surface area (Å²) in [5.41, 5.74) is 1.70. The van der Waals surface area contributed by atoms with Gasteiger partial charge in [-0.05, 0) is 30.9 Å². The Balaban J connectivity index is 1.43. The monoisotopic (exact) mass is 270 g/mol. The van der Waals surface area contributed by atoms with Gasteiger partial charge in [-0.3, -0.25) is 0 Å². The van der Waals surface area contributed by atoms with Crippen molar-refractivity contribution >= 4 is 11.1 Å². The second kappa shape index (κ2) is 3.98. The zero-order valence-electron chi connectivity index (χ0n) is 11.4. The van der Waals surface area contributed by atoms with Crippen LogP contribution in [0.3, 0.4) is 0 Å². The summed E-state index contributed by atoms with van der Waals surface area (Å²) in [5.74, 6) is 2.23. The smallest absolute Gasteiger partial charge is 0.394 e. The molecular formula is C16H18N2O2. The van der Waals surface area contributed by atoms with Gasteiger partial charge in [-0.15, -0.1) is 0 Å². The molecule has 2 atom stereocenters. The van der Waals surface area contributed by atoms with E-state index in [1.165, 1.54) is 32.5 Å². The second-order valence-electron chi connectivity index (χ2n) is 6.61. The third kappa shape index (κ3) is 1.61. The SMILES string of the molecule is c1ccc2oc(OC3C4CC5CC3CN(C5)C4)nc2c1. The van der Waals surface area contributed by atoms with Crippen LogP contribution in [0.25, 0.3) is 11.1 Å². The van der Waals surface area contributed by atoms with Crippen molar-refractivity contribution in [2.75, 3.05) is 19.6 Å². The maximum Gasteiger partial charge on any atom is 0.394 e. The summed E-state index contributed by atoms with van der Waals surface area (Å²) in [6.07, 6.45) is 3.39. The average Bonchev–Trinajstić information content (AvgIpc) is 2.84. The second-order valence-corrected chi connectivity index (χ2v) is 6.61. The van der Waals surface area contributed by atoms with Crippen LogP contribution >= 0.6 is 0 Å². The van der Waals surface area contributed by atoms with E-state index >= 15 is 0 Å². The molecule has 4 fully saturated rings. The molecule has 2 unspecified atom stereocenters. The van der Waals surface area contributed by atoms with Crippen molar-refractivity contribution in [3.8, 4) is 6.08 Å². The fourth-order valence-corrected chi connectivity index (χ4v) is 4.57. The molecule has 4 bridgehead atoms. The molecule has 3 saturated heterocycles. The van der Waals surface area contributed by atoms with Gasteiger partial charge in [0.2, 0.25) is 0 Å². The predicted molar refractivity (Wildman–Crippen MR) is 74.6 cm³/mol. The van der Waals surface area contributed by atoms with Crippen LogP contribution in [-0.2, 0) is 0 Å². The van der Waals surface area contributed by atoms with Gasteiger partial charge in [-0.25, -0.2) is 0 Å². The third-order valence-electron chi connectivity index (χ3n) is 5.21. The Hall–Kier alpha value is -1.55. The average molecular weight is 270 g/mol. The first-order valence-corrected chi connectivity index (χ1v) is 7.60. The largest absolute Gasteiger partial charge is 0.446 e. The molecule has 0 amide bonds. The summed E-state index contributed by atoms with van der Waals surface area (Å²) in [7, 11) is 0. The van der Waals surface area contributed by atoms with Crippen LogP contribution in [0.1, 0.15) is 12.8 Å².